The van der Waals surface area contributed by atoms with Crippen LogP contribution < -0.4 is 13.8 Å². The molecule has 0 aliphatic carbocycles. The summed E-state index contributed by atoms with van der Waals surface area (Å²) >= 11 is 0. The largest absolute Gasteiger partial charge is 0.495 e. The van der Waals surface area contributed by atoms with E-state index in [2.05, 4.69) is 4.72 Å². The molecule has 2 aromatic carbocycles. The van der Waals surface area contributed by atoms with Gasteiger partial charge in [0.25, 0.3) is 10.0 Å². The number of hydrogen-bond acceptors (Lipinski definition) is 5. The van der Waals surface area contributed by atoms with Crippen LogP contribution in [0.25, 0.3) is 0 Å². The molecule has 1 fully saturated rings. The Bertz CT molecular complexity index is 1070. The number of nitrogens with zero attached hydrogens (tertiary/aromatic N) is 1. The highest BCUT2D eigenvalue weighted by molar-refractivity contribution is 7.93. The lowest BCUT2D eigenvalue weighted by Gasteiger charge is -2.28. The zero-order valence-corrected chi connectivity index (χ0v) is 17.5. The van der Waals surface area contributed by atoms with Crippen molar-refractivity contribution in [2.75, 3.05) is 28.4 Å². The van der Waals surface area contributed by atoms with Gasteiger partial charge in [0.2, 0.25) is 10.0 Å². The van der Waals surface area contributed by atoms with E-state index in [1.165, 1.54) is 23.5 Å². The summed E-state index contributed by atoms with van der Waals surface area (Å²) in [5, 5.41) is 0. The van der Waals surface area contributed by atoms with Crippen LogP contribution in [0.4, 0.5) is 11.4 Å². The van der Waals surface area contributed by atoms with E-state index in [0.29, 0.717) is 30.8 Å². The van der Waals surface area contributed by atoms with Gasteiger partial charge < -0.3 is 4.74 Å². The average Bonchev–Trinajstić information content (AvgIpc) is 2.67. The number of sulfonamides is 2. The number of rotatable bonds is 6. The molecule has 0 bridgehead atoms. The highest BCUT2D eigenvalue weighted by Crippen LogP contribution is 2.33. The zero-order chi connectivity index (χ0) is 20.4. The van der Waals surface area contributed by atoms with Gasteiger partial charge in [-0.05, 0) is 49.1 Å². The average molecular weight is 425 g/mol. The van der Waals surface area contributed by atoms with Crippen LogP contribution in [0.2, 0.25) is 0 Å². The second kappa shape index (κ2) is 8.00. The van der Waals surface area contributed by atoms with Gasteiger partial charge in [-0.15, -0.1) is 0 Å². The predicted octanol–water partition coefficient (Wildman–Crippen LogP) is 2.99. The van der Waals surface area contributed by atoms with Gasteiger partial charge >= 0.3 is 0 Å². The fraction of sp³-hybridized carbons (Fsp3) is 0.368. The minimum atomic E-state index is -3.98. The molecule has 0 atom stereocenters. The summed E-state index contributed by atoms with van der Waals surface area (Å²) in [6, 6.07) is 11.6. The Balaban J connectivity index is 2.04. The van der Waals surface area contributed by atoms with E-state index in [-0.39, 0.29) is 16.4 Å². The molecule has 0 unspecified atom stereocenters. The fourth-order valence-corrected chi connectivity index (χ4v) is 6.16. The van der Waals surface area contributed by atoms with Crippen molar-refractivity contribution in [1.29, 1.82) is 0 Å². The van der Waals surface area contributed by atoms with Gasteiger partial charge in [0, 0.05) is 6.54 Å². The number of nitrogens with one attached hydrogen (secondary N) is 1. The van der Waals surface area contributed by atoms with Crippen LogP contribution in [-0.4, -0.2) is 36.2 Å². The highest BCUT2D eigenvalue weighted by atomic mass is 32.2. The van der Waals surface area contributed by atoms with Crippen LogP contribution in [0.5, 0.6) is 5.75 Å². The van der Waals surface area contributed by atoms with Crippen molar-refractivity contribution >= 4 is 31.4 Å². The van der Waals surface area contributed by atoms with Crippen molar-refractivity contribution in [2.45, 2.75) is 31.1 Å². The smallest absolute Gasteiger partial charge is 0.265 e. The maximum atomic E-state index is 13.1. The van der Waals surface area contributed by atoms with Crippen LogP contribution in [0.15, 0.2) is 47.4 Å². The molecule has 3 rings (SSSR count). The molecule has 0 saturated carbocycles. The van der Waals surface area contributed by atoms with Crippen molar-refractivity contribution in [1.82, 2.24) is 0 Å². The Morgan fingerprint density at radius 2 is 1.89 bits per heavy atom. The molecule has 7 nitrogen and oxygen atoms in total. The van der Waals surface area contributed by atoms with Gasteiger partial charge in [0.05, 0.1) is 24.2 Å². The summed E-state index contributed by atoms with van der Waals surface area (Å²) in [5.41, 5.74) is 1.67. The Morgan fingerprint density at radius 3 is 2.57 bits per heavy atom. The SMILES string of the molecule is CCc1ccccc1NS(=O)(=O)c1cc(N2CCCCS2(=O)=O)ccc1OC. The molecule has 28 heavy (non-hydrogen) atoms. The van der Waals surface area contributed by atoms with Crippen molar-refractivity contribution in [3.05, 3.63) is 48.0 Å². The maximum absolute atomic E-state index is 13.1. The Kier molecular flexibility index (Phi) is 5.85. The first kappa shape index (κ1) is 20.5. The normalized spacial score (nSPS) is 16.6. The summed E-state index contributed by atoms with van der Waals surface area (Å²) in [6.07, 6.45) is 2.01. The summed E-state index contributed by atoms with van der Waals surface area (Å²) < 4.78 is 60.1. The van der Waals surface area contributed by atoms with Crippen molar-refractivity contribution in [3.63, 3.8) is 0 Å². The molecule has 1 N–H and O–H groups in total. The second-order valence-electron chi connectivity index (χ2n) is 6.55. The van der Waals surface area contributed by atoms with Crippen LogP contribution in [0, 0.1) is 0 Å². The van der Waals surface area contributed by atoms with Gasteiger partial charge in [0.1, 0.15) is 10.6 Å². The van der Waals surface area contributed by atoms with Gasteiger partial charge in [-0.2, -0.15) is 0 Å². The maximum Gasteiger partial charge on any atom is 0.265 e. The highest BCUT2D eigenvalue weighted by Gasteiger charge is 2.29. The minimum Gasteiger partial charge on any atom is -0.495 e. The molecule has 9 heteroatoms. The molecular weight excluding hydrogens is 400 g/mol. The van der Waals surface area contributed by atoms with E-state index in [9.17, 15) is 16.8 Å². The van der Waals surface area contributed by atoms with Crippen molar-refractivity contribution < 1.29 is 21.6 Å². The number of methoxy groups -OCH3 is 1. The Morgan fingerprint density at radius 1 is 1.14 bits per heavy atom. The summed E-state index contributed by atoms with van der Waals surface area (Å²) in [7, 11) is -6.05. The van der Waals surface area contributed by atoms with E-state index in [1.54, 1.807) is 18.2 Å². The van der Waals surface area contributed by atoms with E-state index in [0.717, 1.165) is 12.0 Å². The molecular formula is C19H24N2O5S2. The van der Waals surface area contributed by atoms with Gasteiger partial charge in [-0.1, -0.05) is 25.1 Å². The minimum absolute atomic E-state index is 0.0588. The lowest BCUT2D eigenvalue weighted by molar-refractivity contribution is 0.403. The molecule has 0 amide bonds. The first-order chi connectivity index (χ1) is 13.3. The number of anilines is 2. The van der Waals surface area contributed by atoms with Crippen LogP contribution in [-0.2, 0) is 26.5 Å². The standard InChI is InChI=1S/C19H24N2O5S2/c1-3-15-8-4-5-9-17(15)20-28(24,25)19-14-16(10-11-18(19)26-2)21-12-6-7-13-27(21,22)23/h4-5,8-11,14,20H,3,6-7,12-13H2,1-2H3. The third kappa shape index (κ3) is 4.10. The summed E-state index contributed by atoms with van der Waals surface area (Å²) in [4.78, 5) is -0.0980. The molecule has 0 aromatic heterocycles. The molecule has 0 spiro atoms. The van der Waals surface area contributed by atoms with E-state index < -0.39 is 20.0 Å². The first-order valence-electron chi connectivity index (χ1n) is 9.07. The molecule has 152 valence electrons. The molecule has 1 aliphatic heterocycles. The fourth-order valence-electron chi connectivity index (χ4n) is 3.24. The number of aryl methyl sites for hydroxylation is 1. The first-order valence-corrected chi connectivity index (χ1v) is 12.2. The second-order valence-corrected chi connectivity index (χ2v) is 10.2. The van der Waals surface area contributed by atoms with Crippen LogP contribution in [0.3, 0.4) is 0 Å². The topological polar surface area (TPSA) is 92.8 Å². The van der Waals surface area contributed by atoms with Gasteiger partial charge in [-0.3, -0.25) is 9.03 Å². The predicted molar refractivity (Wildman–Crippen MR) is 110 cm³/mol. The van der Waals surface area contributed by atoms with E-state index in [4.69, 9.17) is 4.74 Å². The quantitative estimate of drug-likeness (QED) is 0.770. The molecule has 1 aliphatic rings. The van der Waals surface area contributed by atoms with Crippen molar-refractivity contribution in [2.24, 2.45) is 0 Å². The lowest BCUT2D eigenvalue weighted by atomic mass is 10.1. The Labute approximate surface area is 166 Å². The summed E-state index contributed by atoms with van der Waals surface area (Å²) in [5.74, 6) is 0.211. The third-order valence-electron chi connectivity index (χ3n) is 4.72. The molecule has 0 radical (unpaired) electrons. The third-order valence-corrected chi connectivity index (χ3v) is 7.97. The number of hydrogen-bond donors (Lipinski definition) is 1. The molecule has 1 saturated heterocycles. The van der Waals surface area contributed by atoms with Crippen LogP contribution >= 0.6 is 0 Å². The van der Waals surface area contributed by atoms with Gasteiger partial charge in [0.15, 0.2) is 0 Å². The van der Waals surface area contributed by atoms with Gasteiger partial charge in [-0.25, -0.2) is 16.8 Å². The Hall–Kier alpha value is -2.26. The van der Waals surface area contributed by atoms with E-state index >= 15 is 0 Å². The molecule has 1 heterocycles. The monoisotopic (exact) mass is 424 g/mol. The number of para-hydroxylation sites is 1. The summed E-state index contributed by atoms with van der Waals surface area (Å²) in [6.45, 7) is 2.27. The molecule has 2 aromatic rings. The van der Waals surface area contributed by atoms with Crippen LogP contribution in [0.1, 0.15) is 25.3 Å². The zero-order valence-electron chi connectivity index (χ0n) is 15.9. The number of benzene rings is 2. The van der Waals surface area contributed by atoms with Crippen molar-refractivity contribution in [3.8, 4) is 5.75 Å². The van der Waals surface area contributed by atoms with E-state index in [1.807, 2.05) is 19.1 Å². The lowest BCUT2D eigenvalue weighted by Crippen LogP contribution is -2.37. The number of ether oxygens (including phenoxy) is 1.